The Bertz CT molecular complexity index is 796. The third kappa shape index (κ3) is 5.65. The second-order valence-electron chi connectivity index (χ2n) is 7.87. The molecule has 0 saturated carbocycles. The Labute approximate surface area is 179 Å². The molecule has 1 aliphatic carbocycles. The summed E-state index contributed by atoms with van der Waals surface area (Å²) in [4.78, 5) is 0. The Hall–Kier alpha value is -1.75. The van der Waals surface area contributed by atoms with Gasteiger partial charge in [0, 0.05) is 6.61 Å². The highest BCUT2D eigenvalue weighted by Crippen LogP contribution is 2.35. The van der Waals surface area contributed by atoms with Gasteiger partial charge in [-0.2, -0.15) is 0 Å². The number of aryl methyl sites for hydroxylation is 1. The van der Waals surface area contributed by atoms with E-state index in [1.165, 1.54) is 16.7 Å². The fraction of sp³-hybridized carbons (Fsp3) is 0.500. The molecule has 0 fully saturated rings. The molecule has 0 radical (unpaired) electrons. The third-order valence-electron chi connectivity index (χ3n) is 5.90. The zero-order chi connectivity index (χ0) is 20.6. The highest BCUT2D eigenvalue weighted by atomic mass is 35.5. The Balaban J connectivity index is 1.60. The van der Waals surface area contributed by atoms with Crippen LogP contribution in [-0.4, -0.2) is 32.0 Å². The van der Waals surface area contributed by atoms with Gasteiger partial charge in [0.15, 0.2) is 0 Å². The van der Waals surface area contributed by atoms with E-state index in [0.29, 0.717) is 41.5 Å². The van der Waals surface area contributed by atoms with Gasteiger partial charge in [0.2, 0.25) is 0 Å². The molecule has 0 aromatic heterocycles. The van der Waals surface area contributed by atoms with Crippen molar-refractivity contribution >= 4 is 11.6 Å². The van der Waals surface area contributed by atoms with Crippen LogP contribution in [0.4, 0.5) is 0 Å². The zero-order valence-corrected chi connectivity index (χ0v) is 18.0. The molecule has 0 spiro atoms. The first kappa shape index (κ1) is 21.9. The van der Waals surface area contributed by atoms with Crippen molar-refractivity contribution in [2.45, 2.75) is 44.4 Å². The van der Waals surface area contributed by atoms with Crippen molar-refractivity contribution in [2.24, 2.45) is 11.7 Å². The highest BCUT2D eigenvalue weighted by Gasteiger charge is 2.21. The number of aliphatic hydroxyl groups excluding tert-OH is 1. The molecule has 29 heavy (non-hydrogen) atoms. The third-order valence-corrected chi connectivity index (χ3v) is 6.27. The van der Waals surface area contributed by atoms with E-state index < -0.39 is 0 Å². The Morgan fingerprint density at radius 1 is 1.17 bits per heavy atom. The molecule has 0 saturated heterocycles. The smallest absolute Gasteiger partial charge is 0.141 e. The number of fused-ring (bicyclic) bond motifs is 1. The SMILES string of the molecule is COc1cccc(OC[C@@H]2CCc3cc([C@H](CN)CCCCO)ccc3C2)c1Cl. The summed E-state index contributed by atoms with van der Waals surface area (Å²) in [5, 5.41) is 9.54. The number of hydrogen-bond acceptors (Lipinski definition) is 4. The van der Waals surface area contributed by atoms with E-state index >= 15 is 0 Å². The fourth-order valence-electron chi connectivity index (χ4n) is 4.14. The van der Waals surface area contributed by atoms with Gasteiger partial charge in [-0.15, -0.1) is 0 Å². The fourth-order valence-corrected chi connectivity index (χ4v) is 4.39. The van der Waals surface area contributed by atoms with E-state index in [2.05, 4.69) is 18.2 Å². The van der Waals surface area contributed by atoms with Gasteiger partial charge in [-0.25, -0.2) is 0 Å². The molecule has 0 unspecified atom stereocenters. The number of aliphatic hydroxyl groups is 1. The van der Waals surface area contributed by atoms with Gasteiger partial charge in [-0.1, -0.05) is 42.3 Å². The molecular weight excluding hydrogens is 386 g/mol. The molecule has 5 heteroatoms. The molecule has 2 atom stereocenters. The van der Waals surface area contributed by atoms with Gasteiger partial charge < -0.3 is 20.3 Å². The van der Waals surface area contributed by atoms with Gasteiger partial charge in [0.05, 0.1) is 13.7 Å². The molecular formula is C24H32ClNO3. The van der Waals surface area contributed by atoms with E-state index in [9.17, 15) is 0 Å². The monoisotopic (exact) mass is 417 g/mol. The summed E-state index contributed by atoms with van der Waals surface area (Å²) >= 11 is 6.34. The summed E-state index contributed by atoms with van der Waals surface area (Å²) in [5.41, 5.74) is 10.2. The first-order valence-corrected chi connectivity index (χ1v) is 10.9. The molecule has 2 aromatic rings. The molecule has 1 aliphatic rings. The quantitative estimate of drug-likeness (QED) is 0.548. The highest BCUT2D eigenvalue weighted by molar-refractivity contribution is 6.33. The van der Waals surface area contributed by atoms with Crippen molar-refractivity contribution in [1.82, 2.24) is 0 Å². The molecule has 3 rings (SSSR count). The van der Waals surface area contributed by atoms with Crippen LogP contribution in [-0.2, 0) is 12.8 Å². The van der Waals surface area contributed by atoms with Gasteiger partial charge in [-0.3, -0.25) is 0 Å². The predicted octanol–water partition coefficient (Wildman–Crippen LogP) is 4.74. The lowest BCUT2D eigenvalue weighted by Gasteiger charge is -2.26. The zero-order valence-electron chi connectivity index (χ0n) is 17.2. The second kappa shape index (κ2) is 10.9. The molecule has 4 nitrogen and oxygen atoms in total. The first-order valence-electron chi connectivity index (χ1n) is 10.5. The minimum absolute atomic E-state index is 0.256. The van der Waals surface area contributed by atoms with Crippen molar-refractivity contribution in [3.63, 3.8) is 0 Å². The lowest BCUT2D eigenvalue weighted by Crippen LogP contribution is -2.21. The van der Waals surface area contributed by atoms with Gasteiger partial charge in [0.25, 0.3) is 0 Å². The number of rotatable bonds is 10. The molecule has 2 aromatic carbocycles. The molecule has 0 heterocycles. The molecule has 0 aliphatic heterocycles. The number of unbranched alkanes of at least 4 members (excludes halogenated alkanes) is 1. The van der Waals surface area contributed by atoms with Crippen molar-refractivity contribution in [1.29, 1.82) is 0 Å². The topological polar surface area (TPSA) is 64.7 Å². The van der Waals surface area contributed by atoms with Crippen LogP contribution in [0.25, 0.3) is 0 Å². The predicted molar refractivity (Wildman–Crippen MR) is 118 cm³/mol. The van der Waals surface area contributed by atoms with E-state index in [4.69, 9.17) is 31.9 Å². The van der Waals surface area contributed by atoms with Crippen molar-refractivity contribution in [2.75, 3.05) is 26.9 Å². The normalized spacial score (nSPS) is 16.9. The van der Waals surface area contributed by atoms with Crippen LogP contribution in [0.2, 0.25) is 5.02 Å². The summed E-state index contributed by atoms with van der Waals surface area (Å²) in [6.07, 6.45) is 6.09. The van der Waals surface area contributed by atoms with Gasteiger partial charge >= 0.3 is 0 Å². The van der Waals surface area contributed by atoms with Crippen LogP contribution in [0, 0.1) is 5.92 Å². The molecule has 0 bridgehead atoms. The average molecular weight is 418 g/mol. The lowest BCUT2D eigenvalue weighted by molar-refractivity contribution is 0.233. The molecule has 3 N–H and O–H groups in total. The van der Waals surface area contributed by atoms with Crippen LogP contribution in [0.5, 0.6) is 11.5 Å². The van der Waals surface area contributed by atoms with Crippen LogP contribution in [0.15, 0.2) is 36.4 Å². The Kier molecular flexibility index (Phi) is 8.22. The van der Waals surface area contributed by atoms with Crippen molar-refractivity contribution in [3.8, 4) is 11.5 Å². The maximum atomic E-state index is 9.01. The first-order chi connectivity index (χ1) is 14.2. The summed E-state index contributed by atoms with van der Waals surface area (Å²) < 4.78 is 11.3. The Morgan fingerprint density at radius 3 is 2.76 bits per heavy atom. The van der Waals surface area contributed by atoms with Crippen LogP contribution < -0.4 is 15.2 Å². The number of benzene rings is 2. The van der Waals surface area contributed by atoms with Crippen molar-refractivity contribution < 1.29 is 14.6 Å². The number of hydrogen-bond donors (Lipinski definition) is 2. The Morgan fingerprint density at radius 2 is 2.00 bits per heavy atom. The van der Waals surface area contributed by atoms with E-state index in [-0.39, 0.29) is 6.61 Å². The summed E-state index contributed by atoms with van der Waals surface area (Å²) in [6.45, 7) is 1.56. The maximum absolute atomic E-state index is 9.01. The van der Waals surface area contributed by atoms with E-state index in [0.717, 1.165) is 38.5 Å². The van der Waals surface area contributed by atoms with E-state index in [1.807, 2.05) is 18.2 Å². The molecule has 0 amide bonds. The van der Waals surface area contributed by atoms with Crippen LogP contribution in [0.1, 0.15) is 48.3 Å². The number of methoxy groups -OCH3 is 1. The number of nitrogens with two attached hydrogens (primary N) is 1. The average Bonchev–Trinajstić information content (AvgIpc) is 2.75. The second-order valence-corrected chi connectivity index (χ2v) is 8.25. The van der Waals surface area contributed by atoms with Gasteiger partial charge in [0.1, 0.15) is 16.5 Å². The minimum atomic E-state index is 0.256. The van der Waals surface area contributed by atoms with E-state index in [1.54, 1.807) is 7.11 Å². The minimum Gasteiger partial charge on any atom is -0.495 e. The van der Waals surface area contributed by atoms with Gasteiger partial charge in [-0.05, 0) is 79.3 Å². The number of halogens is 1. The van der Waals surface area contributed by atoms with Crippen LogP contribution >= 0.6 is 11.6 Å². The summed E-state index contributed by atoms with van der Waals surface area (Å²) in [6, 6.07) is 12.5. The summed E-state index contributed by atoms with van der Waals surface area (Å²) in [7, 11) is 1.61. The van der Waals surface area contributed by atoms with Crippen molar-refractivity contribution in [3.05, 3.63) is 58.1 Å². The molecule has 158 valence electrons. The lowest BCUT2D eigenvalue weighted by atomic mass is 9.81. The standard InChI is InChI=1S/C24H32ClNO3/c1-28-22-6-4-7-23(24(22)25)29-16-17-8-9-19-14-20(11-10-18(19)13-17)21(15-26)5-2-3-12-27/h4,6-7,10-11,14,17,21,27H,2-3,5,8-9,12-13,15-16,26H2,1H3/t17-,21+/m1/s1. The summed E-state index contributed by atoms with van der Waals surface area (Å²) in [5.74, 6) is 2.17. The largest absolute Gasteiger partial charge is 0.495 e. The maximum Gasteiger partial charge on any atom is 0.141 e. The van der Waals surface area contributed by atoms with Crippen LogP contribution in [0.3, 0.4) is 0 Å². The number of ether oxygens (including phenoxy) is 2.